The van der Waals surface area contributed by atoms with Gasteiger partial charge in [-0.3, -0.25) is 4.79 Å². The Morgan fingerprint density at radius 2 is 2.03 bits per heavy atom. The van der Waals surface area contributed by atoms with Crippen molar-refractivity contribution in [2.24, 2.45) is 11.1 Å². The molecule has 0 radical (unpaired) electrons. The third kappa shape index (κ3) is 5.09. The zero-order valence-corrected chi connectivity index (χ0v) is 17.6. The van der Waals surface area contributed by atoms with Crippen LogP contribution in [0.4, 0.5) is 18.0 Å². The Balaban J connectivity index is 0.00000289. The maximum absolute atomic E-state index is 12.8. The number of carbonyl (C=O) groups is 2. The number of hydrogen-bond donors (Lipinski definition) is 1. The van der Waals surface area contributed by atoms with Crippen LogP contribution in [-0.2, 0) is 17.5 Å². The van der Waals surface area contributed by atoms with Crippen molar-refractivity contribution in [1.29, 1.82) is 0 Å². The standard InChI is InChI=1S/C20H20F3N3O5.ClH/c21-20(22,23)12-2-1-3-13(6-12)30-15-8-19(9-15)4-5-26(11-19)18(28)29-10-14-7-16(17(24)27)25-31-14;/h1-3,6-7,15H,4-5,8-11H2,(H2,24,27);1H. The molecular formula is C20H21ClF3N3O5. The molecule has 1 saturated carbocycles. The van der Waals surface area contributed by atoms with Gasteiger partial charge in [0.15, 0.2) is 18.1 Å². The largest absolute Gasteiger partial charge is 0.490 e. The van der Waals surface area contributed by atoms with E-state index >= 15 is 0 Å². The number of benzene rings is 1. The van der Waals surface area contributed by atoms with Gasteiger partial charge in [0, 0.05) is 19.2 Å². The number of nitrogens with two attached hydrogens (primary N) is 1. The Hall–Kier alpha value is -2.95. The van der Waals surface area contributed by atoms with E-state index in [0.717, 1.165) is 18.6 Å². The number of hydrogen-bond acceptors (Lipinski definition) is 6. The van der Waals surface area contributed by atoms with Gasteiger partial charge in [-0.15, -0.1) is 12.4 Å². The molecule has 174 valence electrons. The van der Waals surface area contributed by atoms with E-state index in [1.807, 2.05) is 0 Å². The van der Waals surface area contributed by atoms with Gasteiger partial charge in [-0.25, -0.2) is 4.79 Å². The van der Waals surface area contributed by atoms with Gasteiger partial charge in [0.2, 0.25) is 0 Å². The summed E-state index contributed by atoms with van der Waals surface area (Å²) >= 11 is 0. The molecule has 2 N–H and O–H groups in total. The van der Waals surface area contributed by atoms with Crippen LogP contribution in [-0.4, -0.2) is 41.3 Å². The first kappa shape index (κ1) is 23.7. The number of ether oxygens (including phenoxy) is 2. The molecule has 0 bridgehead atoms. The number of aromatic nitrogens is 1. The van der Waals surface area contributed by atoms with Crippen molar-refractivity contribution in [3.8, 4) is 5.75 Å². The second kappa shape index (κ2) is 8.89. The summed E-state index contributed by atoms with van der Waals surface area (Å²) in [7, 11) is 0. The third-order valence-electron chi connectivity index (χ3n) is 5.63. The Labute approximate surface area is 187 Å². The summed E-state index contributed by atoms with van der Waals surface area (Å²) in [6.45, 7) is 0.819. The minimum absolute atomic E-state index is 0. The van der Waals surface area contributed by atoms with E-state index in [1.54, 1.807) is 4.90 Å². The fraction of sp³-hybridized carbons (Fsp3) is 0.450. The van der Waals surface area contributed by atoms with E-state index < -0.39 is 23.7 Å². The molecule has 1 aliphatic heterocycles. The number of alkyl halides is 3. The molecule has 1 aromatic heterocycles. The molecule has 2 aliphatic rings. The molecule has 1 aliphatic carbocycles. The van der Waals surface area contributed by atoms with Crippen molar-refractivity contribution in [2.45, 2.75) is 38.1 Å². The van der Waals surface area contributed by atoms with Crippen LogP contribution in [0.3, 0.4) is 0 Å². The summed E-state index contributed by atoms with van der Waals surface area (Å²) in [5.41, 5.74) is 4.17. The van der Waals surface area contributed by atoms with Crippen molar-refractivity contribution in [3.05, 3.63) is 47.3 Å². The quantitative estimate of drug-likeness (QED) is 0.705. The van der Waals surface area contributed by atoms with E-state index in [0.29, 0.717) is 25.9 Å². The van der Waals surface area contributed by atoms with E-state index in [9.17, 15) is 22.8 Å². The van der Waals surface area contributed by atoms with Crippen LogP contribution in [0.2, 0.25) is 0 Å². The summed E-state index contributed by atoms with van der Waals surface area (Å²) in [6.07, 6.45) is -3.07. The van der Waals surface area contributed by atoms with Crippen LogP contribution >= 0.6 is 12.4 Å². The molecule has 0 atom stereocenters. The predicted octanol–water partition coefficient (Wildman–Crippen LogP) is 3.78. The lowest BCUT2D eigenvalue weighted by Gasteiger charge is -2.44. The summed E-state index contributed by atoms with van der Waals surface area (Å²) < 4.78 is 54.3. The Kier molecular flexibility index (Phi) is 6.59. The summed E-state index contributed by atoms with van der Waals surface area (Å²) in [6, 6.07) is 6.13. The van der Waals surface area contributed by atoms with E-state index in [1.165, 1.54) is 18.2 Å². The molecule has 2 aromatic rings. The minimum Gasteiger partial charge on any atom is -0.490 e. The number of amides is 2. The highest BCUT2D eigenvalue weighted by molar-refractivity contribution is 5.90. The number of carbonyl (C=O) groups excluding carboxylic acids is 2. The molecule has 1 spiro atoms. The second-order valence-corrected chi connectivity index (χ2v) is 7.94. The van der Waals surface area contributed by atoms with Crippen molar-refractivity contribution in [1.82, 2.24) is 10.1 Å². The molecule has 0 unspecified atom stereocenters. The fourth-order valence-electron chi connectivity index (χ4n) is 4.07. The number of halogens is 4. The molecule has 4 rings (SSSR count). The van der Waals surface area contributed by atoms with Crippen molar-refractivity contribution in [3.63, 3.8) is 0 Å². The van der Waals surface area contributed by atoms with E-state index in [4.69, 9.17) is 19.7 Å². The molecule has 32 heavy (non-hydrogen) atoms. The predicted molar refractivity (Wildman–Crippen MR) is 106 cm³/mol. The molecule has 1 saturated heterocycles. The molecule has 8 nitrogen and oxygen atoms in total. The van der Waals surface area contributed by atoms with Crippen LogP contribution in [0.15, 0.2) is 34.9 Å². The van der Waals surface area contributed by atoms with Crippen molar-refractivity contribution >= 4 is 24.4 Å². The Morgan fingerprint density at radius 1 is 1.28 bits per heavy atom. The Morgan fingerprint density at radius 3 is 2.69 bits per heavy atom. The minimum atomic E-state index is -4.42. The zero-order chi connectivity index (χ0) is 22.2. The monoisotopic (exact) mass is 475 g/mol. The van der Waals surface area contributed by atoms with Gasteiger partial charge in [-0.1, -0.05) is 11.2 Å². The number of primary amides is 1. The smallest absolute Gasteiger partial charge is 0.416 e. The van der Waals surface area contributed by atoms with Gasteiger partial charge >= 0.3 is 12.3 Å². The van der Waals surface area contributed by atoms with Crippen molar-refractivity contribution < 1.29 is 36.8 Å². The van der Waals surface area contributed by atoms with Crippen molar-refractivity contribution in [2.75, 3.05) is 13.1 Å². The van der Waals surface area contributed by atoms with Gasteiger partial charge in [0.05, 0.1) is 11.7 Å². The van der Waals surface area contributed by atoms with Crippen LogP contribution < -0.4 is 10.5 Å². The average Bonchev–Trinajstić information content (AvgIpc) is 3.33. The fourth-order valence-corrected chi connectivity index (χ4v) is 4.07. The molecule has 12 heteroatoms. The lowest BCUT2D eigenvalue weighted by Crippen LogP contribution is -2.46. The summed E-state index contributed by atoms with van der Waals surface area (Å²) in [5, 5.41) is 3.47. The van der Waals surface area contributed by atoms with Gasteiger partial charge in [-0.2, -0.15) is 13.2 Å². The van der Waals surface area contributed by atoms with E-state index in [-0.39, 0.29) is 47.7 Å². The molecular weight excluding hydrogens is 455 g/mol. The number of rotatable bonds is 5. The molecule has 2 fully saturated rings. The number of likely N-dealkylation sites (tertiary alicyclic amines) is 1. The third-order valence-corrected chi connectivity index (χ3v) is 5.63. The Bertz CT molecular complexity index is 991. The highest BCUT2D eigenvalue weighted by atomic mass is 35.5. The van der Waals surface area contributed by atoms with Gasteiger partial charge < -0.3 is 24.6 Å². The maximum Gasteiger partial charge on any atom is 0.416 e. The first-order valence-corrected chi connectivity index (χ1v) is 9.65. The van der Waals surface area contributed by atoms with E-state index in [2.05, 4.69) is 5.16 Å². The van der Waals surface area contributed by atoms with Crippen LogP contribution in [0, 0.1) is 5.41 Å². The molecule has 1 aromatic carbocycles. The maximum atomic E-state index is 12.8. The first-order chi connectivity index (χ1) is 14.6. The highest BCUT2D eigenvalue weighted by Crippen LogP contribution is 2.49. The summed E-state index contributed by atoms with van der Waals surface area (Å²) in [4.78, 5) is 24.9. The SMILES string of the molecule is Cl.NC(=O)c1cc(COC(=O)N2CCC3(CC(Oc4cccc(C(F)(F)F)c4)C3)C2)on1. The zero-order valence-electron chi connectivity index (χ0n) is 16.8. The average molecular weight is 476 g/mol. The van der Waals surface area contributed by atoms with Crippen LogP contribution in [0.5, 0.6) is 5.75 Å². The molecule has 2 amide bonds. The van der Waals surface area contributed by atoms with Gasteiger partial charge in [0.1, 0.15) is 5.75 Å². The second-order valence-electron chi connectivity index (χ2n) is 7.94. The number of nitrogens with zero attached hydrogens (tertiary/aromatic N) is 2. The van der Waals surface area contributed by atoms with Crippen LogP contribution in [0.25, 0.3) is 0 Å². The first-order valence-electron chi connectivity index (χ1n) is 9.65. The van der Waals surface area contributed by atoms with Crippen LogP contribution in [0.1, 0.15) is 41.1 Å². The molecule has 2 heterocycles. The topological polar surface area (TPSA) is 108 Å². The lowest BCUT2D eigenvalue weighted by molar-refractivity contribution is -0.137. The normalized spacial score (nSPS) is 22.2. The van der Waals surface area contributed by atoms with Gasteiger partial charge in [-0.05, 0) is 42.9 Å². The lowest BCUT2D eigenvalue weighted by atomic mass is 9.66. The summed E-state index contributed by atoms with van der Waals surface area (Å²) in [5.74, 6) is -0.352. The van der Waals surface area contributed by atoms with Gasteiger partial charge in [0.25, 0.3) is 5.91 Å². The highest BCUT2D eigenvalue weighted by Gasteiger charge is 2.51.